The standard InChI is InChI=1S/C13H19NO2/c1-2-3-4-5-13(15)16-10-11-6-8-12(14)9-7-11/h6-9H,2-5,10,14H2,1H3. The normalized spacial score (nSPS) is 10.1. The Morgan fingerprint density at radius 1 is 1.25 bits per heavy atom. The van der Waals surface area contributed by atoms with Crippen molar-refractivity contribution < 1.29 is 9.53 Å². The minimum absolute atomic E-state index is 0.120. The van der Waals surface area contributed by atoms with Gasteiger partial charge in [0.25, 0.3) is 0 Å². The number of nitrogen functional groups attached to an aromatic ring is 1. The second-order valence-electron chi connectivity index (χ2n) is 3.86. The third-order valence-corrected chi connectivity index (χ3v) is 2.36. The molecule has 0 aliphatic rings. The fourth-order valence-corrected chi connectivity index (χ4v) is 1.37. The van der Waals surface area contributed by atoms with E-state index in [4.69, 9.17) is 10.5 Å². The molecular weight excluding hydrogens is 202 g/mol. The van der Waals surface area contributed by atoms with Gasteiger partial charge in [-0.05, 0) is 24.1 Å². The average Bonchev–Trinajstić information content (AvgIpc) is 2.29. The van der Waals surface area contributed by atoms with Gasteiger partial charge in [0.2, 0.25) is 0 Å². The zero-order chi connectivity index (χ0) is 11.8. The molecule has 16 heavy (non-hydrogen) atoms. The highest BCUT2D eigenvalue weighted by atomic mass is 16.5. The van der Waals surface area contributed by atoms with Crippen LogP contribution in [0.2, 0.25) is 0 Å². The van der Waals surface area contributed by atoms with Crippen LogP contribution in [0, 0.1) is 0 Å². The zero-order valence-corrected chi connectivity index (χ0v) is 9.74. The van der Waals surface area contributed by atoms with Crippen molar-refractivity contribution in [2.45, 2.75) is 39.2 Å². The maximum absolute atomic E-state index is 11.3. The molecule has 1 aromatic carbocycles. The number of hydrogen-bond donors (Lipinski definition) is 1. The maximum Gasteiger partial charge on any atom is 0.306 e. The second-order valence-corrected chi connectivity index (χ2v) is 3.86. The number of unbranched alkanes of at least 4 members (excludes halogenated alkanes) is 2. The van der Waals surface area contributed by atoms with Gasteiger partial charge in [0, 0.05) is 12.1 Å². The van der Waals surface area contributed by atoms with Crippen LogP contribution in [0.15, 0.2) is 24.3 Å². The number of benzene rings is 1. The van der Waals surface area contributed by atoms with Crippen molar-refractivity contribution in [1.29, 1.82) is 0 Å². The Morgan fingerprint density at radius 2 is 1.94 bits per heavy atom. The fourth-order valence-electron chi connectivity index (χ4n) is 1.37. The van der Waals surface area contributed by atoms with Crippen LogP contribution in [0.4, 0.5) is 5.69 Å². The lowest BCUT2D eigenvalue weighted by Gasteiger charge is -2.04. The van der Waals surface area contributed by atoms with E-state index in [1.54, 1.807) is 12.1 Å². The van der Waals surface area contributed by atoms with Crippen LogP contribution in [0.5, 0.6) is 0 Å². The number of rotatable bonds is 6. The maximum atomic E-state index is 11.3. The summed E-state index contributed by atoms with van der Waals surface area (Å²) in [7, 11) is 0. The SMILES string of the molecule is CCCCCC(=O)OCc1ccc(N)cc1. The molecule has 0 saturated carbocycles. The molecule has 0 bridgehead atoms. The van der Waals surface area contributed by atoms with E-state index in [0.717, 1.165) is 30.5 Å². The Bertz CT molecular complexity index is 319. The van der Waals surface area contributed by atoms with Crippen molar-refractivity contribution >= 4 is 11.7 Å². The number of anilines is 1. The molecule has 0 amide bonds. The van der Waals surface area contributed by atoms with Crippen LogP contribution >= 0.6 is 0 Å². The number of ether oxygens (including phenoxy) is 1. The summed E-state index contributed by atoms with van der Waals surface area (Å²) < 4.78 is 5.13. The van der Waals surface area contributed by atoms with Gasteiger partial charge in [0.05, 0.1) is 0 Å². The first kappa shape index (κ1) is 12.6. The van der Waals surface area contributed by atoms with Gasteiger partial charge in [-0.1, -0.05) is 31.9 Å². The average molecular weight is 221 g/mol. The lowest BCUT2D eigenvalue weighted by atomic mass is 10.2. The Balaban J connectivity index is 2.23. The number of nitrogens with two attached hydrogens (primary N) is 1. The number of carbonyl (C=O) groups is 1. The minimum atomic E-state index is -0.120. The molecule has 0 aliphatic heterocycles. The third kappa shape index (κ3) is 4.82. The smallest absolute Gasteiger partial charge is 0.306 e. The summed E-state index contributed by atoms with van der Waals surface area (Å²) in [4.78, 5) is 11.3. The van der Waals surface area contributed by atoms with Crippen molar-refractivity contribution in [2.75, 3.05) is 5.73 Å². The Kier molecular flexibility index (Phi) is 5.40. The highest BCUT2D eigenvalue weighted by Gasteiger charge is 2.02. The van der Waals surface area contributed by atoms with Gasteiger partial charge < -0.3 is 10.5 Å². The third-order valence-electron chi connectivity index (χ3n) is 2.36. The summed E-state index contributed by atoms with van der Waals surface area (Å²) >= 11 is 0. The number of hydrogen-bond acceptors (Lipinski definition) is 3. The summed E-state index contributed by atoms with van der Waals surface area (Å²) in [6, 6.07) is 7.35. The highest BCUT2D eigenvalue weighted by Crippen LogP contribution is 2.08. The van der Waals surface area contributed by atoms with Crippen molar-refractivity contribution in [1.82, 2.24) is 0 Å². The van der Waals surface area contributed by atoms with E-state index in [1.165, 1.54) is 0 Å². The van der Waals surface area contributed by atoms with Crippen LogP contribution in [-0.2, 0) is 16.1 Å². The van der Waals surface area contributed by atoms with E-state index in [0.29, 0.717) is 13.0 Å². The van der Waals surface area contributed by atoms with Crippen molar-refractivity contribution in [3.8, 4) is 0 Å². The van der Waals surface area contributed by atoms with Gasteiger partial charge >= 0.3 is 5.97 Å². The van der Waals surface area contributed by atoms with E-state index in [1.807, 2.05) is 12.1 Å². The Hall–Kier alpha value is -1.51. The number of carbonyl (C=O) groups excluding carboxylic acids is 1. The quantitative estimate of drug-likeness (QED) is 0.456. The molecule has 0 aromatic heterocycles. The Labute approximate surface area is 96.6 Å². The largest absolute Gasteiger partial charge is 0.461 e. The molecule has 0 radical (unpaired) electrons. The van der Waals surface area contributed by atoms with Crippen LogP contribution in [0.25, 0.3) is 0 Å². The second kappa shape index (κ2) is 6.88. The van der Waals surface area contributed by atoms with E-state index in [2.05, 4.69) is 6.92 Å². The van der Waals surface area contributed by atoms with Gasteiger partial charge in [0.15, 0.2) is 0 Å². The molecule has 2 N–H and O–H groups in total. The summed E-state index contributed by atoms with van der Waals surface area (Å²) in [5.74, 6) is -0.120. The molecule has 88 valence electrons. The molecule has 0 heterocycles. The molecule has 0 unspecified atom stereocenters. The van der Waals surface area contributed by atoms with Gasteiger partial charge in [-0.15, -0.1) is 0 Å². The molecule has 0 spiro atoms. The zero-order valence-electron chi connectivity index (χ0n) is 9.74. The first-order valence-electron chi connectivity index (χ1n) is 5.72. The van der Waals surface area contributed by atoms with Crippen LogP contribution < -0.4 is 5.73 Å². The predicted molar refractivity (Wildman–Crippen MR) is 64.8 cm³/mol. The molecule has 3 heteroatoms. The highest BCUT2D eigenvalue weighted by molar-refractivity contribution is 5.69. The minimum Gasteiger partial charge on any atom is -0.461 e. The van der Waals surface area contributed by atoms with E-state index < -0.39 is 0 Å². The van der Waals surface area contributed by atoms with Gasteiger partial charge in [-0.25, -0.2) is 0 Å². The molecule has 1 aromatic rings. The lowest BCUT2D eigenvalue weighted by Crippen LogP contribution is -2.04. The van der Waals surface area contributed by atoms with Crippen molar-refractivity contribution in [3.05, 3.63) is 29.8 Å². The monoisotopic (exact) mass is 221 g/mol. The Morgan fingerprint density at radius 3 is 2.56 bits per heavy atom. The van der Waals surface area contributed by atoms with Crippen molar-refractivity contribution in [3.63, 3.8) is 0 Å². The van der Waals surface area contributed by atoms with Crippen molar-refractivity contribution in [2.24, 2.45) is 0 Å². The van der Waals surface area contributed by atoms with Gasteiger partial charge in [-0.3, -0.25) is 4.79 Å². The first-order chi connectivity index (χ1) is 7.72. The summed E-state index contributed by atoms with van der Waals surface area (Å²) in [5.41, 5.74) is 7.25. The first-order valence-corrected chi connectivity index (χ1v) is 5.72. The van der Waals surface area contributed by atoms with Crippen LogP contribution in [-0.4, -0.2) is 5.97 Å². The number of esters is 1. The van der Waals surface area contributed by atoms with Gasteiger partial charge in [0.1, 0.15) is 6.61 Å². The van der Waals surface area contributed by atoms with Gasteiger partial charge in [-0.2, -0.15) is 0 Å². The fraction of sp³-hybridized carbons (Fsp3) is 0.462. The summed E-state index contributed by atoms with van der Waals surface area (Å²) in [5, 5.41) is 0. The molecule has 1 rings (SSSR count). The van der Waals surface area contributed by atoms with E-state index in [9.17, 15) is 4.79 Å². The summed E-state index contributed by atoms with van der Waals surface area (Å²) in [6.45, 7) is 2.45. The molecule has 0 aliphatic carbocycles. The van der Waals surface area contributed by atoms with E-state index >= 15 is 0 Å². The van der Waals surface area contributed by atoms with E-state index in [-0.39, 0.29) is 5.97 Å². The topological polar surface area (TPSA) is 52.3 Å². The lowest BCUT2D eigenvalue weighted by molar-refractivity contribution is -0.145. The summed E-state index contributed by atoms with van der Waals surface area (Å²) in [6.07, 6.45) is 3.63. The van der Waals surface area contributed by atoms with Crippen LogP contribution in [0.1, 0.15) is 38.2 Å². The molecule has 0 saturated heterocycles. The van der Waals surface area contributed by atoms with Crippen LogP contribution in [0.3, 0.4) is 0 Å². The predicted octanol–water partition coefficient (Wildman–Crippen LogP) is 2.89. The molecule has 0 atom stereocenters. The molecule has 3 nitrogen and oxygen atoms in total. The molecular formula is C13H19NO2. The molecule has 0 fully saturated rings.